The van der Waals surface area contributed by atoms with E-state index in [1.807, 2.05) is 11.7 Å². The first-order valence-corrected chi connectivity index (χ1v) is 6.61. The molecule has 0 bridgehead atoms. The molecule has 1 aliphatic heterocycles. The number of ether oxygens (including phenoxy) is 1. The van der Waals surface area contributed by atoms with E-state index >= 15 is 0 Å². The Kier molecular flexibility index (Phi) is 4.42. The molecule has 1 aliphatic rings. The first-order valence-electron chi connectivity index (χ1n) is 6.23. The van der Waals surface area contributed by atoms with Gasteiger partial charge in [-0.25, -0.2) is 0 Å². The van der Waals surface area contributed by atoms with Gasteiger partial charge < -0.3 is 10.1 Å². The third-order valence-electron chi connectivity index (χ3n) is 3.22. The van der Waals surface area contributed by atoms with Crippen molar-refractivity contribution in [1.29, 1.82) is 0 Å². The molecule has 0 saturated carbocycles. The van der Waals surface area contributed by atoms with Crippen LogP contribution in [0, 0.1) is 0 Å². The predicted octanol–water partition coefficient (Wildman–Crippen LogP) is 1.90. The summed E-state index contributed by atoms with van der Waals surface area (Å²) >= 11 is 6.29. The van der Waals surface area contributed by atoms with Gasteiger partial charge in [0.2, 0.25) is 0 Å². The minimum absolute atomic E-state index is 0.444. The van der Waals surface area contributed by atoms with E-state index in [0.717, 1.165) is 49.0 Å². The second-order valence-electron chi connectivity index (χ2n) is 4.48. The largest absolute Gasteiger partial charge is 0.380 e. The van der Waals surface area contributed by atoms with Crippen molar-refractivity contribution in [2.45, 2.75) is 38.8 Å². The number of aromatic nitrogens is 2. The maximum atomic E-state index is 6.29. The van der Waals surface area contributed by atoms with Crippen LogP contribution in [-0.4, -0.2) is 29.0 Å². The number of halogens is 1. The lowest BCUT2D eigenvalue weighted by atomic mass is 10.1. The fourth-order valence-electron chi connectivity index (χ4n) is 2.15. The Balaban J connectivity index is 1.95. The molecule has 1 N–H and O–H groups in total. The van der Waals surface area contributed by atoms with Gasteiger partial charge in [-0.15, -0.1) is 0 Å². The maximum absolute atomic E-state index is 6.29. The number of hydrogen-bond donors (Lipinski definition) is 1. The van der Waals surface area contributed by atoms with Gasteiger partial charge in [-0.1, -0.05) is 18.5 Å². The summed E-state index contributed by atoms with van der Waals surface area (Å²) in [7, 11) is 1.94. The molecule has 1 unspecified atom stereocenters. The van der Waals surface area contributed by atoms with Gasteiger partial charge in [0.25, 0.3) is 0 Å². The van der Waals surface area contributed by atoms with Gasteiger partial charge in [0.05, 0.1) is 23.0 Å². The van der Waals surface area contributed by atoms with Crippen LogP contribution in [0.5, 0.6) is 0 Å². The van der Waals surface area contributed by atoms with E-state index in [-0.39, 0.29) is 0 Å². The SMILES string of the molecule is CCc1nn(C)c(CNC2CCCOC2)c1Cl. The van der Waals surface area contributed by atoms with Gasteiger partial charge in [-0.3, -0.25) is 4.68 Å². The Morgan fingerprint density at radius 3 is 3.00 bits per heavy atom. The lowest BCUT2D eigenvalue weighted by molar-refractivity contribution is 0.0697. The number of rotatable bonds is 4. The van der Waals surface area contributed by atoms with E-state index < -0.39 is 0 Å². The van der Waals surface area contributed by atoms with Gasteiger partial charge in [0.1, 0.15) is 0 Å². The summed E-state index contributed by atoms with van der Waals surface area (Å²) in [6, 6.07) is 0.444. The Morgan fingerprint density at radius 2 is 2.41 bits per heavy atom. The molecule has 0 amide bonds. The van der Waals surface area contributed by atoms with Gasteiger partial charge in [0, 0.05) is 26.2 Å². The molecule has 17 heavy (non-hydrogen) atoms. The van der Waals surface area contributed by atoms with Gasteiger partial charge >= 0.3 is 0 Å². The number of nitrogens with zero attached hydrogens (tertiary/aromatic N) is 2. The van der Waals surface area contributed by atoms with Crippen LogP contribution in [0.15, 0.2) is 0 Å². The third-order valence-corrected chi connectivity index (χ3v) is 3.66. The van der Waals surface area contributed by atoms with Crippen molar-refractivity contribution < 1.29 is 4.74 Å². The molecule has 4 nitrogen and oxygen atoms in total. The van der Waals surface area contributed by atoms with Crippen molar-refractivity contribution in [3.05, 3.63) is 16.4 Å². The second kappa shape index (κ2) is 5.85. The molecule has 1 aromatic heterocycles. The summed E-state index contributed by atoms with van der Waals surface area (Å²) in [4.78, 5) is 0. The first kappa shape index (κ1) is 12.9. The van der Waals surface area contributed by atoms with Crippen LogP contribution in [0.3, 0.4) is 0 Å². The molecule has 96 valence electrons. The molecule has 2 heterocycles. The quantitative estimate of drug-likeness (QED) is 0.896. The lowest BCUT2D eigenvalue weighted by Gasteiger charge is -2.23. The molecule has 0 spiro atoms. The summed E-state index contributed by atoms with van der Waals surface area (Å²) in [5.74, 6) is 0. The predicted molar refractivity (Wildman–Crippen MR) is 68.3 cm³/mol. The molecule has 5 heteroatoms. The second-order valence-corrected chi connectivity index (χ2v) is 4.86. The minimum Gasteiger partial charge on any atom is -0.380 e. The van der Waals surface area contributed by atoms with Crippen LogP contribution < -0.4 is 5.32 Å². The van der Waals surface area contributed by atoms with E-state index in [4.69, 9.17) is 16.3 Å². The third kappa shape index (κ3) is 3.00. The van der Waals surface area contributed by atoms with Gasteiger partial charge in [0.15, 0.2) is 0 Å². The molecule has 1 atom stereocenters. The molecule has 1 fully saturated rings. The summed E-state index contributed by atoms with van der Waals surface area (Å²) in [5, 5.41) is 8.70. The highest BCUT2D eigenvalue weighted by Crippen LogP contribution is 2.21. The van der Waals surface area contributed by atoms with E-state index in [9.17, 15) is 0 Å². The minimum atomic E-state index is 0.444. The van der Waals surface area contributed by atoms with Crippen LogP contribution in [-0.2, 0) is 24.8 Å². The molecule has 2 rings (SSSR count). The highest BCUT2D eigenvalue weighted by molar-refractivity contribution is 6.31. The molecule has 0 radical (unpaired) electrons. The van der Waals surface area contributed by atoms with Crippen LogP contribution in [0.25, 0.3) is 0 Å². The summed E-state index contributed by atoms with van der Waals surface area (Å²) in [6.45, 7) is 4.53. The highest BCUT2D eigenvalue weighted by Gasteiger charge is 2.16. The molecular weight excluding hydrogens is 238 g/mol. The fraction of sp³-hybridized carbons (Fsp3) is 0.750. The van der Waals surface area contributed by atoms with Crippen LogP contribution in [0.1, 0.15) is 31.2 Å². The maximum Gasteiger partial charge on any atom is 0.0863 e. The van der Waals surface area contributed by atoms with Gasteiger partial charge in [-0.05, 0) is 19.3 Å². The van der Waals surface area contributed by atoms with Crippen LogP contribution >= 0.6 is 11.6 Å². The average molecular weight is 258 g/mol. The standard InChI is InChI=1S/C12H20ClN3O/c1-3-10-12(13)11(16(2)15-10)7-14-9-5-4-6-17-8-9/h9,14H,3-8H2,1-2H3. The number of hydrogen-bond acceptors (Lipinski definition) is 3. The average Bonchev–Trinajstić information content (AvgIpc) is 2.63. The van der Waals surface area contributed by atoms with Crippen molar-refractivity contribution in [2.75, 3.05) is 13.2 Å². The molecule has 1 saturated heterocycles. The number of nitrogens with one attached hydrogen (secondary N) is 1. The molecular formula is C12H20ClN3O. The normalized spacial score (nSPS) is 20.8. The molecule has 0 aliphatic carbocycles. The number of aryl methyl sites for hydroxylation is 2. The smallest absolute Gasteiger partial charge is 0.0863 e. The van der Waals surface area contributed by atoms with E-state index in [2.05, 4.69) is 17.3 Å². The monoisotopic (exact) mass is 257 g/mol. The van der Waals surface area contributed by atoms with Crippen molar-refractivity contribution in [3.8, 4) is 0 Å². The summed E-state index contributed by atoms with van der Waals surface area (Å²) in [6.07, 6.45) is 3.19. The van der Waals surface area contributed by atoms with E-state index in [1.54, 1.807) is 0 Å². The van der Waals surface area contributed by atoms with Crippen LogP contribution in [0.4, 0.5) is 0 Å². The van der Waals surface area contributed by atoms with Crippen LogP contribution in [0.2, 0.25) is 5.02 Å². The fourth-order valence-corrected chi connectivity index (χ4v) is 2.52. The molecule has 0 aromatic carbocycles. The van der Waals surface area contributed by atoms with Gasteiger partial charge in [-0.2, -0.15) is 5.10 Å². The first-order chi connectivity index (χ1) is 8.22. The zero-order chi connectivity index (χ0) is 12.3. The topological polar surface area (TPSA) is 39.1 Å². The van der Waals surface area contributed by atoms with Crippen molar-refractivity contribution in [2.24, 2.45) is 7.05 Å². The zero-order valence-corrected chi connectivity index (χ0v) is 11.3. The van der Waals surface area contributed by atoms with Crippen molar-refractivity contribution in [1.82, 2.24) is 15.1 Å². The Hall–Kier alpha value is -0.580. The Labute approximate surface area is 107 Å². The van der Waals surface area contributed by atoms with E-state index in [0.29, 0.717) is 6.04 Å². The zero-order valence-electron chi connectivity index (χ0n) is 10.5. The summed E-state index contributed by atoms with van der Waals surface area (Å²) in [5.41, 5.74) is 2.04. The van der Waals surface area contributed by atoms with Crippen molar-refractivity contribution in [3.63, 3.8) is 0 Å². The Bertz CT molecular complexity index is 372. The molecule has 1 aromatic rings. The van der Waals surface area contributed by atoms with E-state index in [1.165, 1.54) is 6.42 Å². The Morgan fingerprint density at radius 1 is 1.59 bits per heavy atom. The highest BCUT2D eigenvalue weighted by atomic mass is 35.5. The van der Waals surface area contributed by atoms with Crippen molar-refractivity contribution >= 4 is 11.6 Å². The lowest BCUT2D eigenvalue weighted by Crippen LogP contribution is -2.36. The summed E-state index contributed by atoms with van der Waals surface area (Å²) < 4.78 is 7.31.